The van der Waals surface area contributed by atoms with Gasteiger partial charge in [-0.05, 0) is 30.3 Å². The average molecular weight is 315 g/mol. The van der Waals surface area contributed by atoms with Gasteiger partial charge in [-0.3, -0.25) is 0 Å². The van der Waals surface area contributed by atoms with E-state index in [1.54, 1.807) is 0 Å². The molecule has 24 heavy (non-hydrogen) atoms. The minimum absolute atomic E-state index is 1.03. The Balaban J connectivity index is 1.99. The fraction of sp³-hybridized carbons (Fsp3) is 0.0952. The van der Waals surface area contributed by atoms with E-state index in [9.17, 15) is 0 Å². The highest BCUT2D eigenvalue weighted by molar-refractivity contribution is 5.89. The molecule has 0 fully saturated rings. The molecule has 3 rings (SSSR count). The van der Waals surface area contributed by atoms with Crippen molar-refractivity contribution in [3.8, 4) is 0 Å². The molecule has 0 atom stereocenters. The maximum Gasteiger partial charge on any atom is 0.0652 e. The summed E-state index contributed by atoms with van der Waals surface area (Å²) >= 11 is 0. The third-order valence-electron chi connectivity index (χ3n) is 3.73. The van der Waals surface area contributed by atoms with Crippen LogP contribution in [0.3, 0.4) is 0 Å². The van der Waals surface area contributed by atoms with Gasteiger partial charge < -0.3 is 4.90 Å². The summed E-state index contributed by atoms with van der Waals surface area (Å²) in [5.41, 5.74) is 4.28. The maximum atomic E-state index is 4.76. The molecule has 3 heteroatoms. The Morgan fingerprint density at radius 2 is 1.17 bits per heavy atom. The molecule has 0 heterocycles. The fourth-order valence-electron chi connectivity index (χ4n) is 2.54. The summed E-state index contributed by atoms with van der Waals surface area (Å²) < 4.78 is 0. The number of hydrazone groups is 1. The van der Waals surface area contributed by atoms with Crippen LogP contribution in [0.25, 0.3) is 0 Å². The molecule has 0 aliphatic carbocycles. The Labute approximate surface area is 143 Å². The van der Waals surface area contributed by atoms with Gasteiger partial charge in [0, 0.05) is 25.3 Å². The first-order valence-electron chi connectivity index (χ1n) is 7.96. The SMILES string of the molecule is CN(C)c1ccccc1C=NN(c1ccccc1)c1ccccc1. The second kappa shape index (κ2) is 7.47. The fourth-order valence-corrected chi connectivity index (χ4v) is 2.54. The van der Waals surface area contributed by atoms with Gasteiger partial charge in [-0.15, -0.1) is 0 Å². The zero-order valence-corrected chi connectivity index (χ0v) is 14.0. The van der Waals surface area contributed by atoms with Crippen molar-refractivity contribution in [1.82, 2.24) is 0 Å². The molecule has 0 aromatic heterocycles. The Bertz CT molecular complexity index is 756. The van der Waals surface area contributed by atoms with Crippen molar-refractivity contribution in [3.63, 3.8) is 0 Å². The first kappa shape index (κ1) is 15.8. The van der Waals surface area contributed by atoms with Gasteiger partial charge in [-0.25, -0.2) is 5.01 Å². The van der Waals surface area contributed by atoms with Crippen LogP contribution in [0.2, 0.25) is 0 Å². The van der Waals surface area contributed by atoms with Gasteiger partial charge in [0.05, 0.1) is 17.6 Å². The van der Waals surface area contributed by atoms with E-state index in [0.717, 1.165) is 22.6 Å². The van der Waals surface area contributed by atoms with E-state index < -0.39 is 0 Å². The van der Waals surface area contributed by atoms with Gasteiger partial charge in [-0.2, -0.15) is 5.10 Å². The van der Waals surface area contributed by atoms with Crippen LogP contribution in [0.5, 0.6) is 0 Å². The summed E-state index contributed by atoms with van der Waals surface area (Å²) in [7, 11) is 4.08. The minimum atomic E-state index is 1.03. The summed E-state index contributed by atoms with van der Waals surface area (Å²) in [5, 5.41) is 6.71. The number of hydrogen-bond donors (Lipinski definition) is 0. The van der Waals surface area contributed by atoms with Gasteiger partial charge in [0.25, 0.3) is 0 Å². The summed E-state index contributed by atoms with van der Waals surface area (Å²) in [4.78, 5) is 2.09. The number of rotatable bonds is 5. The molecule has 3 aromatic carbocycles. The van der Waals surface area contributed by atoms with E-state index in [4.69, 9.17) is 5.10 Å². The summed E-state index contributed by atoms with van der Waals surface area (Å²) in [6, 6.07) is 28.6. The third-order valence-corrected chi connectivity index (χ3v) is 3.73. The van der Waals surface area contributed by atoms with Gasteiger partial charge >= 0.3 is 0 Å². The highest BCUT2D eigenvalue weighted by Crippen LogP contribution is 2.25. The highest BCUT2D eigenvalue weighted by Gasteiger charge is 2.07. The lowest BCUT2D eigenvalue weighted by Gasteiger charge is -2.20. The summed E-state index contributed by atoms with van der Waals surface area (Å²) in [5.74, 6) is 0. The van der Waals surface area contributed by atoms with Crippen molar-refractivity contribution in [2.75, 3.05) is 24.0 Å². The maximum absolute atomic E-state index is 4.76. The largest absolute Gasteiger partial charge is 0.377 e. The van der Waals surface area contributed by atoms with Gasteiger partial charge in [0.2, 0.25) is 0 Å². The average Bonchev–Trinajstić information content (AvgIpc) is 2.64. The van der Waals surface area contributed by atoms with Crippen molar-refractivity contribution in [2.45, 2.75) is 0 Å². The molecule has 0 saturated carbocycles. The molecule has 0 spiro atoms. The predicted octanol–water partition coefficient (Wildman–Crippen LogP) is 4.92. The third kappa shape index (κ3) is 3.63. The first-order valence-corrected chi connectivity index (χ1v) is 7.96. The highest BCUT2D eigenvalue weighted by atomic mass is 15.5. The van der Waals surface area contributed by atoms with Crippen LogP contribution in [0.1, 0.15) is 5.56 Å². The van der Waals surface area contributed by atoms with Crippen LogP contribution in [-0.4, -0.2) is 20.3 Å². The molecule has 0 bridgehead atoms. The first-order chi connectivity index (χ1) is 11.8. The van der Waals surface area contributed by atoms with Crippen molar-refractivity contribution in [1.29, 1.82) is 0 Å². The molecule has 0 unspecified atom stereocenters. The lowest BCUT2D eigenvalue weighted by Crippen LogP contribution is -2.12. The monoisotopic (exact) mass is 315 g/mol. The predicted molar refractivity (Wildman–Crippen MR) is 103 cm³/mol. The van der Waals surface area contributed by atoms with Crippen molar-refractivity contribution >= 4 is 23.3 Å². The molecule has 0 amide bonds. The molecule has 0 N–H and O–H groups in total. The van der Waals surface area contributed by atoms with E-state index in [-0.39, 0.29) is 0 Å². The summed E-state index contributed by atoms with van der Waals surface area (Å²) in [6.45, 7) is 0. The van der Waals surface area contributed by atoms with E-state index >= 15 is 0 Å². The molecule has 3 aromatic rings. The van der Waals surface area contributed by atoms with Gasteiger partial charge in [0.15, 0.2) is 0 Å². The van der Waals surface area contributed by atoms with Crippen LogP contribution < -0.4 is 9.91 Å². The molecule has 3 nitrogen and oxygen atoms in total. The van der Waals surface area contributed by atoms with Gasteiger partial charge in [0.1, 0.15) is 0 Å². The Morgan fingerprint density at radius 1 is 0.667 bits per heavy atom. The molecular formula is C21H21N3. The molecule has 0 radical (unpaired) electrons. The molecule has 120 valence electrons. The molecule has 0 saturated heterocycles. The normalized spacial score (nSPS) is 10.8. The zero-order valence-electron chi connectivity index (χ0n) is 14.0. The minimum Gasteiger partial charge on any atom is -0.377 e. The second-order valence-corrected chi connectivity index (χ2v) is 5.68. The van der Waals surface area contributed by atoms with E-state index in [1.165, 1.54) is 0 Å². The quantitative estimate of drug-likeness (QED) is 0.491. The number of hydrogen-bond acceptors (Lipinski definition) is 3. The second-order valence-electron chi connectivity index (χ2n) is 5.68. The van der Waals surface area contributed by atoms with Gasteiger partial charge in [-0.1, -0.05) is 54.6 Å². The number of nitrogens with zero attached hydrogens (tertiary/aromatic N) is 3. The standard InChI is InChI=1S/C21H21N3/c1-23(2)21-16-10-9-11-18(21)17-22-24(19-12-5-3-6-13-19)20-14-7-4-8-15-20/h3-17H,1-2H3. The number of anilines is 3. The van der Waals surface area contributed by atoms with Crippen LogP contribution in [0.4, 0.5) is 17.1 Å². The lowest BCUT2D eigenvalue weighted by molar-refractivity contribution is 1.09. The summed E-state index contributed by atoms with van der Waals surface area (Å²) in [6.07, 6.45) is 1.91. The van der Waals surface area contributed by atoms with E-state index in [1.807, 2.05) is 73.8 Å². The smallest absolute Gasteiger partial charge is 0.0652 e. The zero-order chi connectivity index (χ0) is 16.8. The number of para-hydroxylation sites is 3. The van der Waals surface area contributed by atoms with Crippen LogP contribution >= 0.6 is 0 Å². The topological polar surface area (TPSA) is 18.8 Å². The van der Waals surface area contributed by atoms with Crippen LogP contribution in [-0.2, 0) is 0 Å². The van der Waals surface area contributed by atoms with E-state index in [0.29, 0.717) is 0 Å². The Kier molecular flexibility index (Phi) is 4.92. The van der Waals surface area contributed by atoms with Crippen LogP contribution in [0, 0.1) is 0 Å². The molecular weight excluding hydrogens is 294 g/mol. The Hall–Kier alpha value is -3.07. The molecule has 0 aliphatic rings. The van der Waals surface area contributed by atoms with Crippen LogP contribution in [0.15, 0.2) is 90.0 Å². The Morgan fingerprint density at radius 3 is 1.71 bits per heavy atom. The van der Waals surface area contributed by atoms with Crippen molar-refractivity contribution < 1.29 is 0 Å². The lowest BCUT2D eigenvalue weighted by atomic mass is 10.2. The van der Waals surface area contributed by atoms with Crippen molar-refractivity contribution in [2.24, 2.45) is 5.10 Å². The van der Waals surface area contributed by atoms with Crippen molar-refractivity contribution in [3.05, 3.63) is 90.5 Å². The molecule has 0 aliphatic heterocycles. The number of benzene rings is 3. The van der Waals surface area contributed by atoms with E-state index in [2.05, 4.69) is 41.3 Å².